The molecule has 0 radical (unpaired) electrons. The molecule has 0 spiro atoms. The van der Waals surface area contributed by atoms with Gasteiger partial charge in [0.1, 0.15) is 11.6 Å². The van der Waals surface area contributed by atoms with Crippen molar-refractivity contribution in [1.29, 1.82) is 0 Å². The van der Waals surface area contributed by atoms with Gasteiger partial charge in [0.05, 0.1) is 0 Å². The fourth-order valence-corrected chi connectivity index (χ4v) is 2.73. The fraction of sp³-hybridized carbons (Fsp3) is 0.357. The molecule has 3 rings (SSSR count). The van der Waals surface area contributed by atoms with Gasteiger partial charge in [-0.3, -0.25) is 0 Å². The Labute approximate surface area is 106 Å². The monoisotopic (exact) mass is 243 g/mol. The van der Waals surface area contributed by atoms with Crippen molar-refractivity contribution < 1.29 is 5.11 Å². The van der Waals surface area contributed by atoms with Crippen LogP contribution in [0, 0.1) is 0 Å². The molecule has 0 saturated carbocycles. The molecule has 1 atom stereocenters. The fourth-order valence-electron chi connectivity index (χ4n) is 2.73. The normalized spacial score (nSPS) is 19.6. The van der Waals surface area contributed by atoms with E-state index in [-0.39, 0.29) is 5.75 Å². The van der Waals surface area contributed by atoms with Crippen LogP contribution in [-0.2, 0) is 0 Å². The maximum atomic E-state index is 9.65. The molecule has 2 heterocycles. The molecule has 1 saturated heterocycles. The van der Waals surface area contributed by atoms with E-state index in [2.05, 4.69) is 9.88 Å². The Kier molecular flexibility index (Phi) is 2.80. The van der Waals surface area contributed by atoms with E-state index >= 15 is 0 Å². The lowest BCUT2D eigenvalue weighted by Gasteiger charge is -2.25. The van der Waals surface area contributed by atoms with Crippen LogP contribution in [0.5, 0.6) is 5.75 Å². The van der Waals surface area contributed by atoms with Gasteiger partial charge >= 0.3 is 0 Å². The molecular weight excluding hydrogens is 226 g/mol. The van der Waals surface area contributed by atoms with Crippen LogP contribution in [0.3, 0.4) is 0 Å². The summed E-state index contributed by atoms with van der Waals surface area (Å²) in [7, 11) is 0. The van der Waals surface area contributed by atoms with E-state index in [4.69, 9.17) is 5.73 Å². The molecule has 0 bridgehead atoms. The van der Waals surface area contributed by atoms with Crippen LogP contribution in [-0.4, -0.2) is 29.2 Å². The van der Waals surface area contributed by atoms with Crippen LogP contribution < -0.4 is 10.6 Å². The highest BCUT2D eigenvalue weighted by Crippen LogP contribution is 2.31. The minimum atomic E-state index is 0.278. The number of hydrogen-bond donors (Lipinski definition) is 2. The van der Waals surface area contributed by atoms with Crippen molar-refractivity contribution in [3.63, 3.8) is 0 Å². The molecule has 1 aliphatic heterocycles. The quantitative estimate of drug-likeness (QED) is 0.845. The van der Waals surface area contributed by atoms with Gasteiger partial charge in [0.2, 0.25) is 0 Å². The number of aromatic nitrogens is 1. The highest BCUT2D eigenvalue weighted by Gasteiger charge is 2.25. The van der Waals surface area contributed by atoms with Crippen molar-refractivity contribution in [2.75, 3.05) is 18.0 Å². The number of hydrogen-bond acceptors (Lipinski definition) is 4. The van der Waals surface area contributed by atoms with E-state index in [0.29, 0.717) is 12.6 Å². The number of nitrogens with zero attached hydrogens (tertiary/aromatic N) is 2. The number of fused-ring (bicyclic) bond motifs is 1. The van der Waals surface area contributed by atoms with Crippen LogP contribution in [0.2, 0.25) is 0 Å². The Bertz CT molecular complexity index is 570. The molecule has 4 nitrogen and oxygen atoms in total. The first-order valence-corrected chi connectivity index (χ1v) is 6.34. The van der Waals surface area contributed by atoms with Gasteiger partial charge < -0.3 is 15.7 Å². The Balaban J connectivity index is 2.13. The third-order valence-corrected chi connectivity index (χ3v) is 3.65. The van der Waals surface area contributed by atoms with Gasteiger partial charge in [-0.2, -0.15) is 0 Å². The lowest BCUT2D eigenvalue weighted by molar-refractivity contribution is 0.476. The summed E-state index contributed by atoms with van der Waals surface area (Å²) in [6.45, 7) is 1.64. The number of rotatable bonds is 2. The molecule has 0 aliphatic carbocycles. The molecule has 18 heavy (non-hydrogen) atoms. The molecule has 4 heteroatoms. The number of pyridine rings is 1. The number of benzene rings is 1. The number of aromatic hydroxyl groups is 1. The zero-order valence-electron chi connectivity index (χ0n) is 10.2. The number of anilines is 1. The summed E-state index contributed by atoms with van der Waals surface area (Å²) >= 11 is 0. The molecule has 3 N–H and O–H groups in total. The van der Waals surface area contributed by atoms with Gasteiger partial charge in [0.25, 0.3) is 0 Å². The highest BCUT2D eigenvalue weighted by molar-refractivity contribution is 5.93. The third kappa shape index (κ3) is 1.78. The SMILES string of the molecule is NCC1CCCN1c1nccc2ccc(O)cc12. The van der Waals surface area contributed by atoms with Gasteiger partial charge in [-0.05, 0) is 36.4 Å². The second-order valence-corrected chi connectivity index (χ2v) is 4.77. The Hall–Kier alpha value is -1.81. The van der Waals surface area contributed by atoms with Gasteiger partial charge in [0, 0.05) is 30.7 Å². The summed E-state index contributed by atoms with van der Waals surface area (Å²) in [5.41, 5.74) is 5.82. The molecule has 1 aromatic carbocycles. The minimum absolute atomic E-state index is 0.278. The molecule has 1 aromatic heterocycles. The summed E-state index contributed by atoms with van der Waals surface area (Å²) < 4.78 is 0. The van der Waals surface area contributed by atoms with Gasteiger partial charge in [-0.15, -0.1) is 0 Å². The van der Waals surface area contributed by atoms with E-state index < -0.39 is 0 Å². The zero-order valence-corrected chi connectivity index (χ0v) is 10.2. The molecule has 0 amide bonds. The zero-order chi connectivity index (χ0) is 12.5. The number of phenolic OH excluding ortho intramolecular Hbond substituents is 1. The predicted molar refractivity (Wildman–Crippen MR) is 72.8 cm³/mol. The molecule has 94 valence electrons. The average molecular weight is 243 g/mol. The molecule has 2 aromatic rings. The summed E-state index contributed by atoms with van der Waals surface area (Å²) in [5.74, 6) is 1.22. The topological polar surface area (TPSA) is 62.4 Å². The van der Waals surface area contributed by atoms with Crippen molar-refractivity contribution >= 4 is 16.6 Å². The van der Waals surface area contributed by atoms with Crippen LogP contribution >= 0.6 is 0 Å². The predicted octanol–water partition coefficient (Wildman–Crippen LogP) is 1.87. The first-order chi connectivity index (χ1) is 8.79. The van der Waals surface area contributed by atoms with Crippen molar-refractivity contribution in [2.45, 2.75) is 18.9 Å². The summed E-state index contributed by atoms with van der Waals surface area (Å²) in [6, 6.07) is 7.74. The lowest BCUT2D eigenvalue weighted by atomic mass is 10.1. The highest BCUT2D eigenvalue weighted by atomic mass is 16.3. The second kappa shape index (κ2) is 4.46. The van der Waals surface area contributed by atoms with Crippen molar-refractivity contribution in [2.24, 2.45) is 5.73 Å². The molecule has 1 fully saturated rings. The smallest absolute Gasteiger partial charge is 0.136 e. The number of nitrogens with two attached hydrogens (primary N) is 1. The largest absolute Gasteiger partial charge is 0.508 e. The molecule has 1 unspecified atom stereocenters. The molecule has 1 aliphatic rings. The van der Waals surface area contributed by atoms with E-state index in [9.17, 15) is 5.11 Å². The first kappa shape index (κ1) is 11.3. The second-order valence-electron chi connectivity index (χ2n) is 4.77. The summed E-state index contributed by atoms with van der Waals surface area (Å²) in [6.07, 6.45) is 4.09. The van der Waals surface area contributed by atoms with Crippen LogP contribution in [0.1, 0.15) is 12.8 Å². The lowest BCUT2D eigenvalue weighted by Crippen LogP contribution is -2.36. The van der Waals surface area contributed by atoms with E-state index in [0.717, 1.165) is 36.0 Å². The van der Waals surface area contributed by atoms with E-state index in [1.165, 1.54) is 0 Å². The third-order valence-electron chi connectivity index (χ3n) is 3.65. The van der Waals surface area contributed by atoms with Crippen molar-refractivity contribution in [1.82, 2.24) is 4.98 Å². The van der Waals surface area contributed by atoms with E-state index in [1.807, 2.05) is 18.3 Å². The average Bonchev–Trinajstić information content (AvgIpc) is 2.86. The van der Waals surface area contributed by atoms with Gasteiger partial charge in [-0.1, -0.05) is 6.07 Å². The van der Waals surface area contributed by atoms with Crippen molar-refractivity contribution in [3.05, 3.63) is 30.5 Å². The van der Waals surface area contributed by atoms with Crippen molar-refractivity contribution in [3.8, 4) is 5.75 Å². The number of phenols is 1. The minimum Gasteiger partial charge on any atom is -0.508 e. The van der Waals surface area contributed by atoms with Gasteiger partial charge in [-0.25, -0.2) is 4.98 Å². The van der Waals surface area contributed by atoms with Crippen LogP contribution in [0.15, 0.2) is 30.5 Å². The standard InChI is InChI=1S/C14H17N3O/c15-9-11-2-1-7-17(11)14-13-8-12(18)4-3-10(13)5-6-16-14/h3-6,8,11,18H,1-2,7,9,15H2. The molecular formula is C14H17N3O. The van der Waals surface area contributed by atoms with Crippen LogP contribution in [0.4, 0.5) is 5.82 Å². The summed E-state index contributed by atoms with van der Waals surface area (Å²) in [4.78, 5) is 6.75. The maximum absolute atomic E-state index is 9.65. The summed E-state index contributed by atoms with van der Waals surface area (Å²) in [5, 5.41) is 11.7. The Morgan fingerprint density at radius 3 is 3.11 bits per heavy atom. The Morgan fingerprint density at radius 1 is 1.39 bits per heavy atom. The first-order valence-electron chi connectivity index (χ1n) is 6.34. The maximum Gasteiger partial charge on any atom is 0.136 e. The van der Waals surface area contributed by atoms with Gasteiger partial charge in [0.15, 0.2) is 0 Å². The van der Waals surface area contributed by atoms with E-state index in [1.54, 1.807) is 12.1 Å². The Morgan fingerprint density at radius 2 is 2.28 bits per heavy atom. The van der Waals surface area contributed by atoms with Crippen LogP contribution in [0.25, 0.3) is 10.8 Å².